The van der Waals surface area contributed by atoms with Crippen LogP contribution >= 0.6 is 0 Å². The van der Waals surface area contributed by atoms with E-state index in [1.54, 1.807) is 0 Å². The summed E-state index contributed by atoms with van der Waals surface area (Å²) in [6, 6.07) is 0. The molecule has 4 heteroatoms. The van der Waals surface area contributed by atoms with E-state index in [9.17, 15) is 4.79 Å². The van der Waals surface area contributed by atoms with Crippen molar-refractivity contribution in [3.05, 3.63) is 0 Å². The average molecular weight is 254 g/mol. The van der Waals surface area contributed by atoms with Crippen molar-refractivity contribution in [3.63, 3.8) is 0 Å². The van der Waals surface area contributed by atoms with Crippen LogP contribution in [0.5, 0.6) is 0 Å². The number of carbonyl (C=O) groups is 1. The van der Waals surface area contributed by atoms with Crippen LogP contribution in [-0.4, -0.2) is 38.3 Å². The molecule has 0 aromatic heterocycles. The summed E-state index contributed by atoms with van der Waals surface area (Å²) in [5.74, 6) is 1.65. The molecule has 18 heavy (non-hydrogen) atoms. The molecule has 0 bridgehead atoms. The van der Waals surface area contributed by atoms with Gasteiger partial charge in [-0.25, -0.2) is 0 Å². The fourth-order valence-electron chi connectivity index (χ4n) is 3.03. The molecule has 1 aliphatic carbocycles. The molecule has 0 aromatic carbocycles. The second-order valence-corrected chi connectivity index (χ2v) is 5.84. The van der Waals surface area contributed by atoms with Crippen LogP contribution < -0.4 is 10.6 Å². The summed E-state index contributed by atoms with van der Waals surface area (Å²) in [5, 5.41) is 6.32. The highest BCUT2D eigenvalue weighted by atomic mass is 16.5. The van der Waals surface area contributed by atoms with Gasteiger partial charge in [-0.2, -0.15) is 0 Å². The fourth-order valence-corrected chi connectivity index (χ4v) is 3.03. The number of amides is 1. The zero-order valence-electron chi connectivity index (χ0n) is 11.4. The summed E-state index contributed by atoms with van der Waals surface area (Å²) < 4.78 is 5.53. The molecular weight excluding hydrogens is 228 g/mol. The van der Waals surface area contributed by atoms with Gasteiger partial charge in [0.2, 0.25) is 5.91 Å². The van der Waals surface area contributed by atoms with Crippen molar-refractivity contribution in [2.24, 2.45) is 11.8 Å². The third kappa shape index (κ3) is 4.58. The highest BCUT2D eigenvalue weighted by Crippen LogP contribution is 2.27. The molecule has 2 rings (SSSR count). The molecule has 4 nitrogen and oxygen atoms in total. The van der Waals surface area contributed by atoms with Gasteiger partial charge in [-0.05, 0) is 24.7 Å². The minimum absolute atomic E-state index is 0.0593. The molecule has 104 valence electrons. The van der Waals surface area contributed by atoms with E-state index >= 15 is 0 Å². The zero-order valence-corrected chi connectivity index (χ0v) is 11.4. The zero-order chi connectivity index (χ0) is 12.8. The summed E-state index contributed by atoms with van der Waals surface area (Å²) >= 11 is 0. The molecule has 0 radical (unpaired) electrons. The Morgan fingerprint density at radius 3 is 3.06 bits per heavy atom. The van der Waals surface area contributed by atoms with Crippen molar-refractivity contribution in [1.29, 1.82) is 0 Å². The van der Waals surface area contributed by atoms with Crippen LogP contribution in [0.2, 0.25) is 0 Å². The lowest BCUT2D eigenvalue weighted by atomic mass is 9.82. The molecule has 0 spiro atoms. The Hall–Kier alpha value is -0.610. The number of hydrogen-bond donors (Lipinski definition) is 2. The monoisotopic (exact) mass is 254 g/mol. The first-order valence-electron chi connectivity index (χ1n) is 7.33. The largest absolute Gasteiger partial charge is 0.375 e. The number of morpholine rings is 1. The van der Waals surface area contributed by atoms with Crippen molar-refractivity contribution >= 4 is 5.91 Å². The van der Waals surface area contributed by atoms with Crippen LogP contribution in [0.15, 0.2) is 0 Å². The van der Waals surface area contributed by atoms with E-state index in [0.717, 1.165) is 32.2 Å². The molecule has 1 amide bonds. The number of nitrogens with one attached hydrogen (secondary N) is 2. The van der Waals surface area contributed by atoms with Gasteiger partial charge < -0.3 is 15.4 Å². The van der Waals surface area contributed by atoms with Gasteiger partial charge in [0.1, 0.15) is 0 Å². The third-order valence-corrected chi connectivity index (χ3v) is 4.05. The minimum Gasteiger partial charge on any atom is -0.375 e. The Kier molecular flexibility index (Phi) is 5.45. The van der Waals surface area contributed by atoms with E-state index in [1.807, 2.05) is 0 Å². The highest BCUT2D eigenvalue weighted by Gasteiger charge is 2.21. The van der Waals surface area contributed by atoms with Gasteiger partial charge in [-0.15, -0.1) is 0 Å². The maximum absolute atomic E-state index is 11.8. The molecule has 3 unspecified atom stereocenters. The van der Waals surface area contributed by atoms with Gasteiger partial charge >= 0.3 is 0 Å². The molecule has 1 saturated heterocycles. The second kappa shape index (κ2) is 7.10. The molecule has 0 aromatic rings. The van der Waals surface area contributed by atoms with Gasteiger partial charge in [-0.3, -0.25) is 4.79 Å². The van der Waals surface area contributed by atoms with E-state index in [0.29, 0.717) is 12.3 Å². The van der Waals surface area contributed by atoms with Gasteiger partial charge in [0.25, 0.3) is 0 Å². The second-order valence-electron chi connectivity index (χ2n) is 5.84. The van der Waals surface area contributed by atoms with Crippen LogP contribution in [0.1, 0.15) is 39.0 Å². The SMILES string of the molecule is CC1CCCC(CNC(=O)CC2CNCCO2)C1. The average Bonchev–Trinajstić information content (AvgIpc) is 2.38. The molecule has 1 saturated carbocycles. The van der Waals surface area contributed by atoms with E-state index < -0.39 is 0 Å². The van der Waals surface area contributed by atoms with E-state index in [1.165, 1.54) is 25.7 Å². The molecular formula is C14H26N2O2. The number of ether oxygens (including phenoxy) is 1. The van der Waals surface area contributed by atoms with Gasteiger partial charge in [0.05, 0.1) is 19.1 Å². The van der Waals surface area contributed by atoms with Crippen LogP contribution in [0.4, 0.5) is 0 Å². The number of hydrogen-bond acceptors (Lipinski definition) is 3. The fraction of sp³-hybridized carbons (Fsp3) is 0.929. The maximum atomic E-state index is 11.8. The van der Waals surface area contributed by atoms with Crippen LogP contribution in [0.25, 0.3) is 0 Å². The first kappa shape index (κ1) is 13.8. The molecule has 2 fully saturated rings. The maximum Gasteiger partial charge on any atom is 0.222 e. The topological polar surface area (TPSA) is 50.4 Å². The lowest BCUT2D eigenvalue weighted by molar-refractivity contribution is -0.124. The quantitative estimate of drug-likeness (QED) is 0.795. The Morgan fingerprint density at radius 2 is 2.33 bits per heavy atom. The Bertz CT molecular complexity index is 265. The normalized spacial score (nSPS) is 33.1. The summed E-state index contributed by atoms with van der Waals surface area (Å²) in [5.41, 5.74) is 0. The Morgan fingerprint density at radius 1 is 1.44 bits per heavy atom. The van der Waals surface area contributed by atoms with Crippen LogP contribution in [0, 0.1) is 11.8 Å². The minimum atomic E-state index is 0.0593. The molecule has 1 aliphatic heterocycles. The van der Waals surface area contributed by atoms with Crippen molar-refractivity contribution in [1.82, 2.24) is 10.6 Å². The standard InChI is InChI=1S/C14H26N2O2/c1-11-3-2-4-12(7-11)9-16-14(17)8-13-10-15-5-6-18-13/h11-13,15H,2-10H2,1H3,(H,16,17). The Labute approximate surface area is 110 Å². The number of rotatable bonds is 4. The highest BCUT2D eigenvalue weighted by molar-refractivity contribution is 5.76. The molecule has 3 atom stereocenters. The first-order valence-corrected chi connectivity index (χ1v) is 7.33. The van der Waals surface area contributed by atoms with Gasteiger partial charge in [-0.1, -0.05) is 19.8 Å². The van der Waals surface area contributed by atoms with E-state index in [4.69, 9.17) is 4.74 Å². The molecule has 2 aliphatic rings. The third-order valence-electron chi connectivity index (χ3n) is 4.05. The van der Waals surface area contributed by atoms with Crippen LogP contribution in [-0.2, 0) is 9.53 Å². The number of carbonyl (C=O) groups excluding carboxylic acids is 1. The van der Waals surface area contributed by atoms with E-state index in [2.05, 4.69) is 17.6 Å². The van der Waals surface area contributed by atoms with Crippen molar-refractivity contribution in [2.45, 2.75) is 45.1 Å². The van der Waals surface area contributed by atoms with Gasteiger partial charge in [0.15, 0.2) is 0 Å². The smallest absolute Gasteiger partial charge is 0.222 e. The van der Waals surface area contributed by atoms with E-state index in [-0.39, 0.29) is 12.0 Å². The predicted molar refractivity (Wildman–Crippen MR) is 71.4 cm³/mol. The van der Waals surface area contributed by atoms with Crippen molar-refractivity contribution in [2.75, 3.05) is 26.2 Å². The molecule has 2 N–H and O–H groups in total. The van der Waals surface area contributed by atoms with Crippen LogP contribution in [0.3, 0.4) is 0 Å². The summed E-state index contributed by atoms with van der Waals surface area (Å²) in [4.78, 5) is 11.8. The lowest BCUT2D eigenvalue weighted by Crippen LogP contribution is -2.42. The lowest BCUT2D eigenvalue weighted by Gasteiger charge is -2.27. The summed E-state index contributed by atoms with van der Waals surface area (Å²) in [6.07, 6.45) is 5.76. The first-order chi connectivity index (χ1) is 8.74. The van der Waals surface area contributed by atoms with Gasteiger partial charge in [0, 0.05) is 19.6 Å². The molecule has 1 heterocycles. The summed E-state index contributed by atoms with van der Waals surface area (Å²) in [7, 11) is 0. The Balaban J connectivity index is 1.61. The summed E-state index contributed by atoms with van der Waals surface area (Å²) in [6.45, 7) is 5.59. The predicted octanol–water partition coefficient (Wildman–Crippen LogP) is 1.31. The van der Waals surface area contributed by atoms with Crippen molar-refractivity contribution in [3.8, 4) is 0 Å². The van der Waals surface area contributed by atoms with Crippen molar-refractivity contribution < 1.29 is 9.53 Å².